The van der Waals surface area contributed by atoms with E-state index in [1.807, 2.05) is 0 Å². The van der Waals surface area contributed by atoms with Gasteiger partial charge in [0.15, 0.2) is 0 Å². The van der Waals surface area contributed by atoms with Crippen LogP contribution in [0.4, 0.5) is 11.4 Å². The molecule has 16 heteroatoms. The standard InChI is InChI=1S/C32H26N6O10/c33-30(45)32(31(34)46,38-26(40)19-8-2-10-21(24(19)28(38)42)36-15-17-6-4-12-48-17)13-22(29(43)44)37-25(39)18-7-1-9-20(23(18)27(37)41)35-14-16-5-3-11-47-16/h1-12,22,35-36H,13-15H2,(H2,33,45)(H2,34,46)(H,43,44). The fourth-order valence-corrected chi connectivity index (χ4v) is 5.91. The zero-order chi connectivity index (χ0) is 34.3. The number of nitrogens with two attached hydrogens (primary N) is 2. The predicted molar refractivity (Wildman–Crippen MR) is 163 cm³/mol. The van der Waals surface area contributed by atoms with Crippen LogP contribution in [0.15, 0.2) is 82.0 Å². The number of carbonyl (C=O) groups excluding carboxylic acids is 6. The van der Waals surface area contributed by atoms with Gasteiger partial charge in [-0.15, -0.1) is 0 Å². The van der Waals surface area contributed by atoms with Crippen molar-refractivity contribution in [3.63, 3.8) is 0 Å². The number of imide groups is 2. The second kappa shape index (κ2) is 11.9. The Labute approximate surface area is 270 Å². The molecule has 2 aromatic heterocycles. The zero-order valence-corrected chi connectivity index (χ0v) is 24.8. The maximum atomic E-state index is 14.0. The molecule has 2 aliphatic heterocycles. The topological polar surface area (TPSA) is 249 Å². The largest absolute Gasteiger partial charge is 0.480 e. The minimum absolute atomic E-state index is 0.0842. The molecule has 0 saturated heterocycles. The minimum atomic E-state index is -3.13. The molecule has 244 valence electrons. The van der Waals surface area contributed by atoms with Crippen LogP contribution in [-0.2, 0) is 27.5 Å². The Morgan fingerprint density at radius 2 is 1.21 bits per heavy atom. The molecular weight excluding hydrogens is 628 g/mol. The van der Waals surface area contributed by atoms with E-state index in [0.717, 1.165) is 0 Å². The number of furan rings is 2. The van der Waals surface area contributed by atoms with E-state index in [2.05, 4.69) is 10.6 Å². The van der Waals surface area contributed by atoms with Gasteiger partial charge in [-0.1, -0.05) is 12.1 Å². The zero-order valence-electron chi connectivity index (χ0n) is 24.8. The lowest BCUT2D eigenvalue weighted by atomic mass is 9.86. The maximum Gasteiger partial charge on any atom is 0.327 e. The number of anilines is 2. The summed E-state index contributed by atoms with van der Waals surface area (Å²) >= 11 is 0. The van der Waals surface area contributed by atoms with Crippen LogP contribution in [0.1, 0.15) is 59.4 Å². The molecule has 0 spiro atoms. The Balaban J connectivity index is 1.36. The number of rotatable bonds is 13. The first-order valence-corrected chi connectivity index (χ1v) is 14.3. The van der Waals surface area contributed by atoms with E-state index >= 15 is 0 Å². The lowest BCUT2D eigenvalue weighted by Crippen LogP contribution is -2.69. The molecular formula is C32H26N6O10. The average molecular weight is 655 g/mol. The highest BCUT2D eigenvalue weighted by atomic mass is 16.4. The Kier molecular flexibility index (Phi) is 7.76. The maximum absolute atomic E-state index is 14.0. The molecule has 0 fully saturated rings. The number of aliphatic carboxylic acids is 1. The quantitative estimate of drug-likeness (QED) is 0.102. The summed E-state index contributed by atoms with van der Waals surface area (Å²) in [6.45, 7) is 0.193. The highest BCUT2D eigenvalue weighted by Crippen LogP contribution is 2.39. The first kappa shape index (κ1) is 31.3. The highest BCUT2D eigenvalue weighted by molar-refractivity contribution is 6.29. The van der Waals surface area contributed by atoms with Crippen molar-refractivity contribution < 1.29 is 47.5 Å². The molecule has 48 heavy (non-hydrogen) atoms. The Bertz CT molecular complexity index is 1990. The van der Waals surface area contributed by atoms with Crippen molar-refractivity contribution >= 4 is 52.8 Å². The molecule has 4 heterocycles. The van der Waals surface area contributed by atoms with Gasteiger partial charge in [0.25, 0.3) is 35.4 Å². The number of amides is 6. The number of carboxylic acid groups (broad SMARTS) is 1. The molecule has 16 nitrogen and oxygen atoms in total. The number of fused-ring (bicyclic) bond motifs is 2. The van der Waals surface area contributed by atoms with Crippen LogP contribution in [0, 0.1) is 0 Å². The van der Waals surface area contributed by atoms with Crippen molar-refractivity contribution in [3.05, 3.63) is 107 Å². The van der Waals surface area contributed by atoms with Crippen molar-refractivity contribution in [2.24, 2.45) is 11.5 Å². The lowest BCUT2D eigenvalue weighted by molar-refractivity contribution is -0.146. The molecule has 0 aliphatic carbocycles. The van der Waals surface area contributed by atoms with Crippen LogP contribution in [0.5, 0.6) is 0 Å². The number of hydrogen-bond donors (Lipinski definition) is 5. The molecule has 4 aromatic rings. The number of benzene rings is 2. The number of carboxylic acids is 1. The summed E-state index contributed by atoms with van der Waals surface area (Å²) in [6, 6.07) is 12.7. The molecule has 1 unspecified atom stereocenters. The predicted octanol–water partition coefficient (Wildman–Crippen LogP) is 1.54. The molecule has 7 N–H and O–H groups in total. The summed E-state index contributed by atoms with van der Waals surface area (Å²) in [6.07, 6.45) is 1.55. The van der Waals surface area contributed by atoms with Gasteiger partial charge in [-0.2, -0.15) is 0 Å². The van der Waals surface area contributed by atoms with Crippen molar-refractivity contribution in [1.29, 1.82) is 0 Å². The molecule has 2 aliphatic rings. The van der Waals surface area contributed by atoms with Crippen LogP contribution < -0.4 is 22.1 Å². The van der Waals surface area contributed by atoms with Gasteiger partial charge in [0.1, 0.15) is 17.6 Å². The van der Waals surface area contributed by atoms with Gasteiger partial charge in [-0.05, 0) is 48.5 Å². The molecule has 0 radical (unpaired) electrons. The molecule has 0 bridgehead atoms. The molecule has 1 atom stereocenters. The van der Waals surface area contributed by atoms with Crippen molar-refractivity contribution in [2.75, 3.05) is 10.6 Å². The van der Waals surface area contributed by atoms with Gasteiger partial charge in [0.2, 0.25) is 5.54 Å². The molecule has 0 saturated carbocycles. The second-order valence-corrected chi connectivity index (χ2v) is 10.9. The number of carbonyl (C=O) groups is 7. The van der Waals surface area contributed by atoms with Gasteiger partial charge in [0, 0.05) is 17.8 Å². The van der Waals surface area contributed by atoms with E-state index in [9.17, 15) is 38.7 Å². The second-order valence-electron chi connectivity index (χ2n) is 10.9. The van der Waals surface area contributed by atoms with Gasteiger partial charge >= 0.3 is 5.97 Å². The van der Waals surface area contributed by atoms with E-state index in [4.69, 9.17) is 20.3 Å². The fourth-order valence-electron chi connectivity index (χ4n) is 5.91. The van der Waals surface area contributed by atoms with Crippen molar-refractivity contribution in [1.82, 2.24) is 9.80 Å². The average Bonchev–Trinajstić information content (AvgIpc) is 3.86. The summed E-state index contributed by atoms with van der Waals surface area (Å²) in [5, 5.41) is 16.3. The van der Waals surface area contributed by atoms with Crippen molar-refractivity contribution in [3.8, 4) is 0 Å². The summed E-state index contributed by atoms with van der Waals surface area (Å²) in [4.78, 5) is 94.9. The monoisotopic (exact) mass is 654 g/mol. The third-order valence-corrected chi connectivity index (χ3v) is 8.21. The van der Waals surface area contributed by atoms with Crippen LogP contribution in [0.25, 0.3) is 0 Å². The van der Waals surface area contributed by atoms with Crippen molar-refractivity contribution in [2.45, 2.75) is 31.1 Å². The van der Waals surface area contributed by atoms with Crippen LogP contribution >= 0.6 is 0 Å². The minimum Gasteiger partial charge on any atom is -0.480 e. The summed E-state index contributed by atoms with van der Waals surface area (Å²) in [5.74, 6) is -8.70. The molecule has 6 rings (SSSR count). The third-order valence-electron chi connectivity index (χ3n) is 8.21. The van der Waals surface area contributed by atoms with Gasteiger partial charge in [-0.25, -0.2) is 9.69 Å². The summed E-state index contributed by atoms with van der Waals surface area (Å²) < 4.78 is 10.6. The molecule has 6 amide bonds. The Morgan fingerprint density at radius 3 is 1.67 bits per heavy atom. The van der Waals surface area contributed by atoms with Crippen LogP contribution in [0.3, 0.4) is 0 Å². The summed E-state index contributed by atoms with van der Waals surface area (Å²) in [5.41, 5.74) is 7.65. The number of nitrogens with one attached hydrogen (secondary N) is 2. The highest BCUT2D eigenvalue weighted by Gasteiger charge is 2.61. The van der Waals surface area contributed by atoms with E-state index in [0.29, 0.717) is 16.4 Å². The first-order chi connectivity index (χ1) is 23.0. The normalized spacial score (nSPS) is 14.6. The van der Waals surface area contributed by atoms with E-state index in [1.54, 1.807) is 24.3 Å². The van der Waals surface area contributed by atoms with Crippen LogP contribution in [0.2, 0.25) is 0 Å². The van der Waals surface area contributed by atoms with E-state index < -0.39 is 59.4 Å². The smallest absolute Gasteiger partial charge is 0.327 e. The number of primary amides is 2. The number of nitrogens with zero attached hydrogens (tertiary/aromatic N) is 2. The molecule has 2 aromatic carbocycles. The van der Waals surface area contributed by atoms with E-state index in [-0.39, 0.29) is 51.6 Å². The number of hydrogen-bond acceptors (Lipinski definition) is 11. The Morgan fingerprint density at radius 1 is 0.708 bits per heavy atom. The first-order valence-electron chi connectivity index (χ1n) is 14.3. The van der Waals surface area contributed by atoms with Crippen LogP contribution in [-0.4, -0.2) is 67.9 Å². The van der Waals surface area contributed by atoms with Gasteiger partial charge in [-0.3, -0.25) is 33.7 Å². The lowest BCUT2D eigenvalue weighted by Gasteiger charge is -2.37. The third kappa shape index (κ3) is 4.91. The van der Waals surface area contributed by atoms with E-state index in [1.165, 1.54) is 48.9 Å². The van der Waals surface area contributed by atoms with Gasteiger partial charge < -0.3 is 36.0 Å². The summed E-state index contributed by atoms with van der Waals surface area (Å²) in [7, 11) is 0. The fraction of sp³-hybridized carbons (Fsp3) is 0.156. The van der Waals surface area contributed by atoms with Gasteiger partial charge in [0.05, 0.1) is 47.9 Å². The Hall–Kier alpha value is -6.71. The SMILES string of the molecule is NC(=O)C(CC(C(=O)O)N1C(=O)c2cccc(NCc3ccco3)c2C1=O)(C(N)=O)N1C(=O)c2cccc(NCc3ccco3)c2C1=O.